The van der Waals surface area contributed by atoms with Crippen LogP contribution in [0.25, 0.3) is 0 Å². The van der Waals surface area contributed by atoms with Crippen LogP contribution in [-0.2, 0) is 10.2 Å². The maximum absolute atomic E-state index is 10.6. The summed E-state index contributed by atoms with van der Waals surface area (Å²) in [6.45, 7) is 1.82. The fraction of sp³-hybridized carbons (Fsp3) is 0.125. The third-order valence-electron chi connectivity index (χ3n) is 1.62. The first-order chi connectivity index (χ1) is 6.92. The third kappa shape index (κ3) is 3.55. The molecular weight excluding hydrogens is 216 g/mol. The second-order valence-electron chi connectivity index (χ2n) is 2.93. The fourth-order valence-corrected chi connectivity index (χ4v) is 1.24. The fourth-order valence-electron chi connectivity index (χ4n) is 0.985. The van der Waals surface area contributed by atoms with Crippen molar-refractivity contribution in [2.24, 2.45) is 5.14 Å². The zero-order valence-corrected chi connectivity index (χ0v) is 8.80. The Labute approximate surface area is 87.9 Å². The lowest BCUT2D eigenvalue weighted by atomic mass is 10.1. The number of aryl methyl sites for hydroxylation is 1. The molecule has 0 unspecified atom stereocenters. The Balaban J connectivity index is 2.94. The molecular formula is C8H10N4O2S. The van der Waals surface area contributed by atoms with Crippen molar-refractivity contribution < 1.29 is 8.42 Å². The molecule has 0 radical (unpaired) electrons. The van der Waals surface area contributed by atoms with Crippen molar-refractivity contribution in [1.82, 2.24) is 4.83 Å². The summed E-state index contributed by atoms with van der Waals surface area (Å²) < 4.78 is 21.2. The van der Waals surface area contributed by atoms with E-state index < -0.39 is 10.2 Å². The highest BCUT2D eigenvalue weighted by atomic mass is 32.2. The van der Waals surface area contributed by atoms with Crippen molar-refractivity contribution >= 4 is 15.9 Å². The number of hydrazine groups is 1. The van der Waals surface area contributed by atoms with Crippen LogP contribution < -0.4 is 15.4 Å². The molecule has 0 aliphatic heterocycles. The zero-order chi connectivity index (χ0) is 11.5. The zero-order valence-electron chi connectivity index (χ0n) is 7.98. The lowest BCUT2D eigenvalue weighted by Gasteiger charge is -2.08. The number of rotatable bonds is 3. The van der Waals surface area contributed by atoms with Crippen molar-refractivity contribution in [2.75, 3.05) is 5.43 Å². The van der Waals surface area contributed by atoms with E-state index in [9.17, 15) is 8.42 Å². The maximum Gasteiger partial charge on any atom is 0.291 e. The van der Waals surface area contributed by atoms with Gasteiger partial charge in [-0.3, -0.25) is 0 Å². The molecule has 0 spiro atoms. The van der Waals surface area contributed by atoms with Gasteiger partial charge in [-0.25, -0.2) is 5.14 Å². The second-order valence-corrected chi connectivity index (χ2v) is 4.23. The average molecular weight is 226 g/mol. The van der Waals surface area contributed by atoms with Gasteiger partial charge in [0.2, 0.25) is 0 Å². The summed E-state index contributed by atoms with van der Waals surface area (Å²) in [5, 5.41) is 13.5. The summed E-state index contributed by atoms with van der Waals surface area (Å²) >= 11 is 0. The van der Waals surface area contributed by atoms with E-state index in [0.29, 0.717) is 11.3 Å². The molecule has 1 aromatic carbocycles. The van der Waals surface area contributed by atoms with E-state index in [-0.39, 0.29) is 0 Å². The standard InChI is InChI=1S/C8H10N4O2S/c1-6-2-3-7(5-9)8(4-6)11-12-15(10,13)14/h2-4,11-12H,1H3,(H2,10,13,14). The molecule has 0 amide bonds. The molecule has 15 heavy (non-hydrogen) atoms. The van der Waals surface area contributed by atoms with Gasteiger partial charge in [-0.1, -0.05) is 6.07 Å². The van der Waals surface area contributed by atoms with E-state index >= 15 is 0 Å². The Hall–Kier alpha value is -1.62. The van der Waals surface area contributed by atoms with Gasteiger partial charge < -0.3 is 5.43 Å². The number of benzene rings is 1. The SMILES string of the molecule is Cc1ccc(C#N)c(NNS(N)(=O)=O)c1. The number of hydrogen-bond donors (Lipinski definition) is 3. The molecule has 0 fully saturated rings. The van der Waals surface area contributed by atoms with Crippen LogP contribution in [0, 0.1) is 18.3 Å². The molecule has 0 saturated heterocycles. The van der Waals surface area contributed by atoms with Gasteiger partial charge in [-0.15, -0.1) is 4.83 Å². The molecule has 0 heterocycles. The van der Waals surface area contributed by atoms with Crippen molar-refractivity contribution in [3.63, 3.8) is 0 Å². The molecule has 1 rings (SSSR count). The summed E-state index contributed by atoms with van der Waals surface area (Å²) in [5.74, 6) is 0. The average Bonchev–Trinajstić information content (AvgIpc) is 2.14. The van der Waals surface area contributed by atoms with Gasteiger partial charge in [0.1, 0.15) is 6.07 Å². The van der Waals surface area contributed by atoms with E-state index in [0.717, 1.165) is 5.56 Å². The lowest BCUT2D eigenvalue weighted by Crippen LogP contribution is -2.35. The first-order valence-corrected chi connectivity index (χ1v) is 5.53. The summed E-state index contributed by atoms with van der Waals surface area (Å²) in [5.41, 5.74) is 3.95. The van der Waals surface area contributed by atoms with Crippen LogP contribution in [0.15, 0.2) is 18.2 Å². The molecule has 0 bridgehead atoms. The summed E-state index contributed by atoms with van der Waals surface area (Å²) in [6, 6.07) is 6.89. The van der Waals surface area contributed by atoms with E-state index in [1.165, 1.54) is 0 Å². The van der Waals surface area contributed by atoms with Gasteiger partial charge >= 0.3 is 0 Å². The van der Waals surface area contributed by atoms with Gasteiger partial charge in [0.05, 0.1) is 11.3 Å². The first kappa shape index (κ1) is 11.5. The monoisotopic (exact) mass is 226 g/mol. The molecule has 0 aliphatic carbocycles. The van der Waals surface area contributed by atoms with Crippen LogP contribution in [0.5, 0.6) is 0 Å². The quantitative estimate of drug-likeness (QED) is 0.630. The van der Waals surface area contributed by atoms with Crippen LogP contribution in [0.2, 0.25) is 0 Å². The lowest BCUT2D eigenvalue weighted by molar-refractivity contribution is 0.589. The van der Waals surface area contributed by atoms with Crippen LogP contribution >= 0.6 is 0 Å². The molecule has 0 atom stereocenters. The van der Waals surface area contributed by atoms with Gasteiger partial charge in [-0.05, 0) is 24.6 Å². The van der Waals surface area contributed by atoms with Crippen molar-refractivity contribution in [2.45, 2.75) is 6.92 Å². The molecule has 7 heteroatoms. The predicted molar refractivity (Wildman–Crippen MR) is 55.8 cm³/mol. The Bertz CT molecular complexity index is 504. The smallest absolute Gasteiger partial charge is 0.291 e. The number of anilines is 1. The topological polar surface area (TPSA) is 108 Å². The number of nitrogens with zero attached hydrogens (tertiary/aromatic N) is 1. The number of nitrogens with two attached hydrogens (primary N) is 1. The Morgan fingerprint density at radius 1 is 1.47 bits per heavy atom. The number of nitrogens with one attached hydrogen (secondary N) is 2. The molecule has 0 aliphatic rings. The van der Waals surface area contributed by atoms with Crippen molar-refractivity contribution in [3.05, 3.63) is 29.3 Å². The molecule has 1 aromatic rings. The van der Waals surface area contributed by atoms with Crippen LogP contribution in [0.3, 0.4) is 0 Å². The van der Waals surface area contributed by atoms with Gasteiger partial charge in [0.25, 0.3) is 10.2 Å². The molecule has 0 aromatic heterocycles. The second kappa shape index (κ2) is 4.27. The Morgan fingerprint density at radius 2 is 2.13 bits per heavy atom. The van der Waals surface area contributed by atoms with E-state index in [4.69, 9.17) is 10.4 Å². The summed E-state index contributed by atoms with van der Waals surface area (Å²) in [7, 11) is -3.83. The van der Waals surface area contributed by atoms with E-state index in [1.807, 2.05) is 17.8 Å². The molecule has 6 nitrogen and oxygen atoms in total. The van der Waals surface area contributed by atoms with Gasteiger partial charge in [0.15, 0.2) is 0 Å². The summed E-state index contributed by atoms with van der Waals surface area (Å²) in [6.07, 6.45) is 0. The molecule has 80 valence electrons. The van der Waals surface area contributed by atoms with Gasteiger partial charge in [-0.2, -0.15) is 13.7 Å². The normalized spacial score (nSPS) is 10.7. The van der Waals surface area contributed by atoms with Crippen LogP contribution in [0.1, 0.15) is 11.1 Å². The Morgan fingerprint density at radius 3 is 2.67 bits per heavy atom. The van der Waals surface area contributed by atoms with Crippen molar-refractivity contribution in [1.29, 1.82) is 5.26 Å². The first-order valence-electron chi connectivity index (χ1n) is 3.98. The Kier molecular flexibility index (Phi) is 3.26. The number of hydrogen-bond acceptors (Lipinski definition) is 4. The van der Waals surface area contributed by atoms with Crippen LogP contribution in [0.4, 0.5) is 5.69 Å². The predicted octanol–water partition coefficient (Wildman–Crippen LogP) is -0.0133. The van der Waals surface area contributed by atoms with Crippen molar-refractivity contribution in [3.8, 4) is 6.07 Å². The van der Waals surface area contributed by atoms with E-state index in [1.54, 1.807) is 18.2 Å². The minimum absolute atomic E-state index is 0.330. The molecule has 4 N–H and O–H groups in total. The highest BCUT2D eigenvalue weighted by Crippen LogP contribution is 2.15. The third-order valence-corrected chi connectivity index (χ3v) is 2.01. The summed E-state index contributed by atoms with van der Waals surface area (Å²) in [4.78, 5) is 1.89. The maximum atomic E-state index is 10.6. The highest BCUT2D eigenvalue weighted by Gasteiger charge is 2.04. The highest BCUT2D eigenvalue weighted by molar-refractivity contribution is 7.87. The minimum Gasteiger partial charge on any atom is -0.306 e. The largest absolute Gasteiger partial charge is 0.306 e. The minimum atomic E-state index is -3.83. The van der Waals surface area contributed by atoms with Crippen LogP contribution in [-0.4, -0.2) is 8.42 Å². The van der Waals surface area contributed by atoms with Gasteiger partial charge in [0, 0.05) is 0 Å². The molecule has 0 saturated carbocycles. The number of nitriles is 1. The van der Waals surface area contributed by atoms with E-state index in [2.05, 4.69) is 5.43 Å².